The fraction of sp³-hybridized carbons (Fsp3) is 0.0385. The number of anilines is 3. The zero-order valence-corrected chi connectivity index (χ0v) is 17.9. The maximum Gasteiger partial charge on any atom is 0.277 e. The Hall–Kier alpha value is -4.65. The molecule has 0 saturated heterocycles. The van der Waals surface area contributed by atoms with Gasteiger partial charge in [-0.25, -0.2) is 0 Å². The second kappa shape index (κ2) is 8.84. The normalized spacial score (nSPS) is 11.2. The van der Waals surface area contributed by atoms with Crippen molar-refractivity contribution in [2.45, 2.75) is 6.92 Å². The number of rotatable bonds is 6. The summed E-state index contributed by atoms with van der Waals surface area (Å²) >= 11 is 0. The van der Waals surface area contributed by atoms with Gasteiger partial charge in [0.05, 0.1) is 11.2 Å². The first-order valence-corrected chi connectivity index (χ1v) is 10.5. The van der Waals surface area contributed by atoms with Gasteiger partial charge in [0.15, 0.2) is 5.69 Å². The van der Waals surface area contributed by atoms with Crippen LogP contribution in [-0.4, -0.2) is 21.3 Å². The number of H-pyrrole nitrogens is 1. The number of aryl methyl sites for hydroxylation is 1. The van der Waals surface area contributed by atoms with Gasteiger partial charge < -0.3 is 15.2 Å². The third-order valence-corrected chi connectivity index (χ3v) is 5.10. The summed E-state index contributed by atoms with van der Waals surface area (Å²) in [6.07, 6.45) is 4.05. The SMILES string of the molecule is Cc1cc(C(=O)Nc2cccc(Nc3ccc4c(/C=C/c5ccccc5)n[nH]c4c3)c2)no1. The lowest BCUT2D eigenvalue weighted by atomic mass is 10.1. The molecule has 2 aromatic heterocycles. The predicted octanol–water partition coefficient (Wildman–Crippen LogP) is 6.03. The first kappa shape index (κ1) is 20.3. The van der Waals surface area contributed by atoms with Gasteiger partial charge in [-0.1, -0.05) is 47.6 Å². The van der Waals surface area contributed by atoms with Crippen molar-refractivity contribution in [3.63, 3.8) is 0 Å². The summed E-state index contributed by atoms with van der Waals surface area (Å²) in [5.41, 5.74) is 5.58. The molecule has 3 N–H and O–H groups in total. The molecule has 1 amide bonds. The van der Waals surface area contributed by atoms with Crippen LogP contribution in [0.2, 0.25) is 0 Å². The van der Waals surface area contributed by atoms with Crippen LogP contribution in [0.25, 0.3) is 23.1 Å². The van der Waals surface area contributed by atoms with E-state index in [0.29, 0.717) is 11.4 Å². The number of hydrogen-bond acceptors (Lipinski definition) is 5. The number of carbonyl (C=O) groups excluding carboxylic acids is 1. The van der Waals surface area contributed by atoms with Gasteiger partial charge in [-0.2, -0.15) is 5.10 Å². The van der Waals surface area contributed by atoms with E-state index in [1.165, 1.54) is 0 Å². The molecule has 3 aromatic carbocycles. The maximum atomic E-state index is 12.3. The summed E-state index contributed by atoms with van der Waals surface area (Å²) in [6.45, 7) is 1.74. The first-order valence-electron chi connectivity index (χ1n) is 10.5. The molecule has 5 rings (SSSR count). The smallest absolute Gasteiger partial charge is 0.277 e. The predicted molar refractivity (Wildman–Crippen MR) is 130 cm³/mol. The van der Waals surface area contributed by atoms with Crippen molar-refractivity contribution in [2.24, 2.45) is 0 Å². The summed E-state index contributed by atoms with van der Waals surface area (Å²) in [7, 11) is 0. The lowest BCUT2D eigenvalue weighted by molar-refractivity contribution is 0.101. The number of nitrogens with one attached hydrogen (secondary N) is 3. The third kappa shape index (κ3) is 4.67. The van der Waals surface area contributed by atoms with Crippen LogP contribution < -0.4 is 10.6 Å². The van der Waals surface area contributed by atoms with Gasteiger partial charge in [0.2, 0.25) is 0 Å². The minimum Gasteiger partial charge on any atom is -0.361 e. The van der Waals surface area contributed by atoms with Crippen LogP contribution in [0.1, 0.15) is 27.5 Å². The number of nitrogens with zero attached hydrogens (tertiary/aromatic N) is 2. The topological polar surface area (TPSA) is 95.8 Å². The number of carbonyl (C=O) groups is 1. The first-order chi connectivity index (χ1) is 16.1. The molecule has 0 aliphatic carbocycles. The number of hydrogen-bond donors (Lipinski definition) is 3. The number of aromatic amines is 1. The van der Waals surface area contributed by atoms with Gasteiger partial charge in [-0.15, -0.1) is 0 Å². The highest BCUT2D eigenvalue weighted by molar-refractivity contribution is 6.03. The van der Waals surface area contributed by atoms with Crippen molar-refractivity contribution in [1.29, 1.82) is 0 Å². The number of fused-ring (bicyclic) bond motifs is 1. The summed E-state index contributed by atoms with van der Waals surface area (Å²) in [5, 5.41) is 18.5. The highest BCUT2D eigenvalue weighted by Gasteiger charge is 2.11. The molecule has 0 saturated carbocycles. The summed E-state index contributed by atoms with van der Waals surface area (Å²) in [5.74, 6) is 0.266. The van der Waals surface area contributed by atoms with Crippen LogP contribution >= 0.6 is 0 Å². The molecule has 0 bridgehead atoms. The molecule has 7 heteroatoms. The van der Waals surface area contributed by atoms with Crippen LogP contribution in [0, 0.1) is 6.92 Å². The van der Waals surface area contributed by atoms with Crippen LogP contribution in [0.15, 0.2) is 83.4 Å². The Morgan fingerprint density at radius 3 is 2.55 bits per heavy atom. The van der Waals surface area contributed by atoms with Crippen molar-refractivity contribution in [3.8, 4) is 0 Å². The molecule has 0 radical (unpaired) electrons. The average molecular weight is 435 g/mol. The van der Waals surface area contributed by atoms with E-state index >= 15 is 0 Å². The van der Waals surface area contributed by atoms with Crippen LogP contribution in [-0.2, 0) is 0 Å². The molecule has 33 heavy (non-hydrogen) atoms. The van der Waals surface area contributed by atoms with Gasteiger partial charge >= 0.3 is 0 Å². The molecule has 0 aliphatic heterocycles. The van der Waals surface area contributed by atoms with E-state index in [9.17, 15) is 4.79 Å². The van der Waals surface area contributed by atoms with Gasteiger partial charge in [0, 0.05) is 28.5 Å². The lowest BCUT2D eigenvalue weighted by Gasteiger charge is -2.09. The van der Waals surface area contributed by atoms with Crippen molar-refractivity contribution in [1.82, 2.24) is 15.4 Å². The molecule has 7 nitrogen and oxygen atoms in total. The van der Waals surface area contributed by atoms with Gasteiger partial charge in [-0.05, 0) is 55.0 Å². The van der Waals surface area contributed by atoms with Crippen LogP contribution in [0.4, 0.5) is 17.1 Å². The van der Waals surface area contributed by atoms with Crippen molar-refractivity contribution < 1.29 is 9.32 Å². The van der Waals surface area contributed by atoms with E-state index in [1.54, 1.807) is 13.0 Å². The maximum absolute atomic E-state index is 12.3. The van der Waals surface area contributed by atoms with Gasteiger partial charge in [0.1, 0.15) is 5.76 Å². The standard InChI is InChI=1S/C26H21N5O2/c1-17-14-25(31-33-17)26(32)28-20-9-5-8-19(15-20)27-21-11-12-22-23(29-30-24(22)16-21)13-10-18-6-3-2-4-7-18/h2-16,27H,1H3,(H,28,32)(H,29,30)/b13-10+. The molecule has 0 unspecified atom stereocenters. The van der Waals surface area contributed by atoms with Crippen molar-refractivity contribution >= 4 is 46.0 Å². The highest BCUT2D eigenvalue weighted by Crippen LogP contribution is 2.25. The second-order valence-electron chi connectivity index (χ2n) is 7.60. The number of benzene rings is 3. The molecule has 0 fully saturated rings. The Morgan fingerprint density at radius 2 is 1.73 bits per heavy atom. The Labute approximate surface area is 190 Å². The Kier molecular flexibility index (Phi) is 5.43. The molecular weight excluding hydrogens is 414 g/mol. The Balaban J connectivity index is 1.31. The zero-order valence-electron chi connectivity index (χ0n) is 17.9. The minimum atomic E-state index is -0.320. The third-order valence-electron chi connectivity index (χ3n) is 5.10. The molecule has 0 spiro atoms. The zero-order chi connectivity index (χ0) is 22.6. The fourth-order valence-corrected chi connectivity index (χ4v) is 3.49. The number of amides is 1. The quantitative estimate of drug-likeness (QED) is 0.303. The molecule has 0 atom stereocenters. The summed E-state index contributed by atoms with van der Waals surface area (Å²) in [4.78, 5) is 12.3. The van der Waals surface area contributed by atoms with Crippen LogP contribution in [0.3, 0.4) is 0 Å². The van der Waals surface area contributed by atoms with E-state index in [-0.39, 0.29) is 11.6 Å². The van der Waals surface area contributed by atoms with E-state index in [4.69, 9.17) is 4.52 Å². The molecule has 2 heterocycles. The van der Waals surface area contributed by atoms with E-state index in [2.05, 4.69) is 38.1 Å². The van der Waals surface area contributed by atoms with Gasteiger partial charge in [0.25, 0.3) is 5.91 Å². The lowest BCUT2D eigenvalue weighted by Crippen LogP contribution is -2.12. The minimum absolute atomic E-state index is 0.243. The average Bonchev–Trinajstić information content (AvgIpc) is 3.44. The molecular formula is C26H21N5O2. The van der Waals surface area contributed by atoms with Crippen molar-refractivity contribution in [3.05, 3.63) is 102 Å². The monoisotopic (exact) mass is 435 g/mol. The van der Waals surface area contributed by atoms with E-state index < -0.39 is 0 Å². The Bertz CT molecular complexity index is 1450. The highest BCUT2D eigenvalue weighted by atomic mass is 16.5. The second-order valence-corrected chi connectivity index (χ2v) is 7.60. The molecule has 0 aliphatic rings. The van der Waals surface area contributed by atoms with Crippen LogP contribution in [0.5, 0.6) is 0 Å². The fourth-order valence-electron chi connectivity index (χ4n) is 3.49. The Morgan fingerprint density at radius 1 is 0.909 bits per heavy atom. The van der Waals surface area contributed by atoms with Gasteiger partial charge in [-0.3, -0.25) is 9.89 Å². The summed E-state index contributed by atoms with van der Waals surface area (Å²) in [6, 6.07) is 25.2. The van der Waals surface area contributed by atoms with E-state index in [0.717, 1.165) is 33.5 Å². The largest absolute Gasteiger partial charge is 0.361 e. The van der Waals surface area contributed by atoms with E-state index in [1.807, 2.05) is 72.8 Å². The molecule has 162 valence electrons. The van der Waals surface area contributed by atoms with Crippen molar-refractivity contribution in [2.75, 3.05) is 10.6 Å². The molecule has 5 aromatic rings. The summed E-state index contributed by atoms with van der Waals surface area (Å²) < 4.78 is 4.97. The number of aromatic nitrogens is 3.